The van der Waals surface area contributed by atoms with Crippen molar-refractivity contribution in [2.45, 2.75) is 12.7 Å². The third-order valence-corrected chi connectivity index (χ3v) is 2.75. The zero-order chi connectivity index (χ0) is 12.3. The molecule has 1 aromatic carbocycles. The van der Waals surface area contributed by atoms with Gasteiger partial charge >= 0.3 is 0 Å². The zero-order valence-corrected chi connectivity index (χ0v) is 9.92. The Hall–Kier alpha value is -1.65. The van der Waals surface area contributed by atoms with E-state index in [0.717, 1.165) is 21.1 Å². The second-order valence-electron chi connectivity index (χ2n) is 3.87. The molecule has 0 spiro atoms. The van der Waals surface area contributed by atoms with Crippen molar-refractivity contribution in [2.75, 3.05) is 14.2 Å². The fourth-order valence-electron chi connectivity index (χ4n) is 1.80. The summed E-state index contributed by atoms with van der Waals surface area (Å²) in [6, 6.07) is 7.79. The molecule has 0 aliphatic carbocycles. The number of benzene rings is 1. The smallest absolute Gasteiger partial charge is 0.188 e. The number of nitrogens with zero attached hydrogens (tertiary/aromatic N) is 1. The van der Waals surface area contributed by atoms with E-state index in [4.69, 9.17) is 9.47 Å². The normalized spacial score (nSPS) is 11.2. The Morgan fingerprint density at radius 2 is 1.94 bits per heavy atom. The van der Waals surface area contributed by atoms with Crippen LogP contribution in [0, 0.1) is 5.21 Å². The van der Waals surface area contributed by atoms with Gasteiger partial charge in [0.05, 0.1) is 0 Å². The summed E-state index contributed by atoms with van der Waals surface area (Å²) in [5.74, 6) is 0. The van der Waals surface area contributed by atoms with Crippen molar-refractivity contribution in [3.63, 3.8) is 0 Å². The molecule has 0 unspecified atom stereocenters. The van der Waals surface area contributed by atoms with Crippen LogP contribution in [0.25, 0.3) is 10.8 Å². The molecule has 0 fully saturated rings. The van der Waals surface area contributed by atoms with E-state index in [0.29, 0.717) is 6.42 Å². The minimum atomic E-state index is -0.254. The molecular formula is C13H15NO3. The summed E-state index contributed by atoms with van der Waals surface area (Å²) in [5.41, 5.74) is 1.08. The van der Waals surface area contributed by atoms with E-state index in [1.165, 1.54) is 6.20 Å². The maximum Gasteiger partial charge on any atom is 0.188 e. The molecule has 4 nitrogen and oxygen atoms in total. The minimum absolute atomic E-state index is 0.254. The van der Waals surface area contributed by atoms with Gasteiger partial charge in [0.1, 0.15) is 0 Å². The highest BCUT2D eigenvalue weighted by atomic mass is 16.7. The maximum absolute atomic E-state index is 11.2. The molecule has 0 amide bonds. The van der Waals surface area contributed by atoms with Gasteiger partial charge in [0.2, 0.25) is 0 Å². The second-order valence-corrected chi connectivity index (χ2v) is 3.87. The Labute approximate surface area is 100.0 Å². The SMILES string of the molecule is COC(Cc1ccc2cc[n+]([O-])cc2c1)OC. The fourth-order valence-corrected chi connectivity index (χ4v) is 1.80. The zero-order valence-electron chi connectivity index (χ0n) is 9.92. The monoisotopic (exact) mass is 233 g/mol. The van der Waals surface area contributed by atoms with E-state index in [1.54, 1.807) is 26.5 Å². The highest BCUT2D eigenvalue weighted by Crippen LogP contribution is 2.15. The molecule has 0 radical (unpaired) electrons. The topological polar surface area (TPSA) is 45.4 Å². The van der Waals surface area contributed by atoms with Gasteiger partial charge in [0.25, 0.3) is 0 Å². The molecule has 0 N–H and O–H groups in total. The third kappa shape index (κ3) is 2.72. The molecule has 0 bridgehead atoms. The second kappa shape index (κ2) is 5.12. The van der Waals surface area contributed by atoms with Crippen LogP contribution in [0.2, 0.25) is 0 Å². The van der Waals surface area contributed by atoms with Gasteiger partial charge in [-0.05, 0) is 17.0 Å². The van der Waals surface area contributed by atoms with Crippen molar-refractivity contribution < 1.29 is 14.2 Å². The first kappa shape index (κ1) is 11.8. The van der Waals surface area contributed by atoms with Gasteiger partial charge in [-0.15, -0.1) is 0 Å². The van der Waals surface area contributed by atoms with Crippen molar-refractivity contribution in [1.82, 2.24) is 0 Å². The van der Waals surface area contributed by atoms with Crippen LogP contribution in [0.1, 0.15) is 5.56 Å². The summed E-state index contributed by atoms with van der Waals surface area (Å²) in [7, 11) is 3.22. The first-order chi connectivity index (χ1) is 8.22. The lowest BCUT2D eigenvalue weighted by Gasteiger charge is -2.13. The average Bonchev–Trinajstić information content (AvgIpc) is 2.35. The van der Waals surface area contributed by atoms with Crippen molar-refractivity contribution in [2.24, 2.45) is 0 Å². The Morgan fingerprint density at radius 1 is 1.18 bits per heavy atom. The quantitative estimate of drug-likeness (QED) is 0.458. The maximum atomic E-state index is 11.2. The van der Waals surface area contributed by atoms with Gasteiger partial charge < -0.3 is 14.7 Å². The molecule has 0 aliphatic rings. The first-order valence-corrected chi connectivity index (χ1v) is 5.40. The fraction of sp³-hybridized carbons (Fsp3) is 0.308. The van der Waals surface area contributed by atoms with E-state index in [-0.39, 0.29) is 6.29 Å². The molecule has 1 heterocycles. The highest BCUT2D eigenvalue weighted by Gasteiger charge is 2.07. The summed E-state index contributed by atoms with van der Waals surface area (Å²) in [6.07, 6.45) is 3.47. The van der Waals surface area contributed by atoms with E-state index >= 15 is 0 Å². The Balaban J connectivity index is 2.30. The van der Waals surface area contributed by atoms with Crippen LogP contribution in [-0.2, 0) is 15.9 Å². The summed E-state index contributed by atoms with van der Waals surface area (Å²) < 4.78 is 11.1. The Kier molecular flexibility index (Phi) is 3.56. The summed E-state index contributed by atoms with van der Waals surface area (Å²) in [5, 5.41) is 13.2. The Morgan fingerprint density at radius 3 is 2.65 bits per heavy atom. The van der Waals surface area contributed by atoms with Crippen LogP contribution in [0.4, 0.5) is 0 Å². The van der Waals surface area contributed by atoms with Crippen LogP contribution in [0.3, 0.4) is 0 Å². The molecule has 2 rings (SSSR count). The summed E-state index contributed by atoms with van der Waals surface area (Å²) >= 11 is 0. The molecule has 90 valence electrons. The molecule has 0 saturated carbocycles. The largest absolute Gasteiger partial charge is 0.619 e. The van der Waals surface area contributed by atoms with Gasteiger partial charge in [-0.1, -0.05) is 12.1 Å². The van der Waals surface area contributed by atoms with Crippen LogP contribution in [-0.4, -0.2) is 20.5 Å². The standard InChI is InChI=1S/C13H15NO3/c1-16-13(17-2)8-10-3-4-11-5-6-14(15)9-12(11)7-10/h3-7,9,13H,8H2,1-2H3. The molecule has 0 atom stereocenters. The number of rotatable bonds is 4. The number of ether oxygens (including phenoxy) is 2. The summed E-state index contributed by atoms with van der Waals surface area (Å²) in [4.78, 5) is 0. The molecule has 0 aliphatic heterocycles. The van der Waals surface area contributed by atoms with E-state index in [9.17, 15) is 5.21 Å². The number of hydrogen-bond donors (Lipinski definition) is 0. The van der Waals surface area contributed by atoms with Crippen LogP contribution < -0.4 is 4.73 Å². The lowest BCUT2D eigenvalue weighted by molar-refractivity contribution is -0.603. The van der Waals surface area contributed by atoms with Crippen molar-refractivity contribution in [3.8, 4) is 0 Å². The van der Waals surface area contributed by atoms with Gasteiger partial charge in [0.15, 0.2) is 18.7 Å². The van der Waals surface area contributed by atoms with Crippen molar-refractivity contribution in [1.29, 1.82) is 0 Å². The number of fused-ring (bicyclic) bond motifs is 1. The number of methoxy groups -OCH3 is 2. The van der Waals surface area contributed by atoms with Crippen molar-refractivity contribution >= 4 is 10.8 Å². The van der Waals surface area contributed by atoms with Gasteiger partial charge in [0, 0.05) is 32.1 Å². The van der Waals surface area contributed by atoms with E-state index < -0.39 is 0 Å². The minimum Gasteiger partial charge on any atom is -0.619 e. The summed E-state index contributed by atoms with van der Waals surface area (Å²) in [6.45, 7) is 0. The molecule has 17 heavy (non-hydrogen) atoms. The molecule has 0 saturated heterocycles. The highest BCUT2D eigenvalue weighted by molar-refractivity contribution is 5.81. The lowest BCUT2D eigenvalue weighted by atomic mass is 10.1. The van der Waals surface area contributed by atoms with Crippen molar-refractivity contribution in [3.05, 3.63) is 47.4 Å². The first-order valence-electron chi connectivity index (χ1n) is 5.40. The molecule has 2 aromatic rings. The predicted octanol–water partition coefficient (Wildman–Crippen LogP) is 1.63. The molecular weight excluding hydrogens is 218 g/mol. The average molecular weight is 233 g/mol. The number of pyridine rings is 1. The van der Waals surface area contributed by atoms with E-state index in [2.05, 4.69) is 0 Å². The van der Waals surface area contributed by atoms with Crippen LogP contribution >= 0.6 is 0 Å². The van der Waals surface area contributed by atoms with E-state index in [1.807, 2.05) is 18.2 Å². The molecule has 4 heteroatoms. The van der Waals surface area contributed by atoms with Gasteiger partial charge in [-0.3, -0.25) is 0 Å². The Bertz CT molecular complexity index is 509. The van der Waals surface area contributed by atoms with Crippen LogP contribution in [0.15, 0.2) is 36.7 Å². The lowest BCUT2D eigenvalue weighted by Crippen LogP contribution is -2.23. The predicted molar refractivity (Wildman–Crippen MR) is 64.4 cm³/mol. The van der Waals surface area contributed by atoms with Crippen LogP contribution in [0.5, 0.6) is 0 Å². The number of hydrogen-bond acceptors (Lipinski definition) is 3. The third-order valence-electron chi connectivity index (χ3n) is 2.75. The van der Waals surface area contributed by atoms with Gasteiger partial charge in [-0.25, -0.2) is 0 Å². The van der Waals surface area contributed by atoms with Gasteiger partial charge in [-0.2, -0.15) is 4.73 Å². The number of aromatic nitrogens is 1. The molecule has 1 aromatic heterocycles.